The minimum atomic E-state index is 0.326. The Bertz CT molecular complexity index is 176. The van der Waals surface area contributed by atoms with Gasteiger partial charge in [-0.05, 0) is 19.9 Å². The lowest BCUT2D eigenvalue weighted by Crippen LogP contribution is -1.92. The van der Waals surface area contributed by atoms with Gasteiger partial charge >= 0.3 is 0 Å². The van der Waals surface area contributed by atoms with Crippen LogP contribution in [0.3, 0.4) is 0 Å². The van der Waals surface area contributed by atoms with Gasteiger partial charge in [0.1, 0.15) is 6.00 Å². The number of nitrogens with zero attached hydrogens (tertiary/aromatic N) is 1. The predicted molar refractivity (Wildman–Crippen MR) is 52.4 cm³/mol. The third-order valence-corrected chi connectivity index (χ3v) is 1.19. The molecule has 0 aromatic heterocycles. The van der Waals surface area contributed by atoms with Crippen LogP contribution in [0.4, 0.5) is 0 Å². The first-order chi connectivity index (χ1) is 5.20. The average molecular weight is 172 g/mol. The molecular weight excluding hydrogens is 158 g/mol. The van der Waals surface area contributed by atoms with Crippen LogP contribution in [0.25, 0.3) is 0 Å². The van der Waals surface area contributed by atoms with Gasteiger partial charge in [-0.15, -0.1) is 18.2 Å². The topological polar surface area (TPSA) is 12.4 Å². The Kier molecular flexibility index (Phi) is 5.86. The summed E-state index contributed by atoms with van der Waals surface area (Å²) in [4.78, 5) is 4.09. The Labute approximate surface area is 73.5 Å². The largest absolute Gasteiger partial charge is 0.273 e. The molecule has 0 atom stereocenters. The molecule has 0 saturated carbocycles. The molecule has 0 amide bonds. The maximum absolute atomic E-state index is 5.46. The molecule has 0 aliphatic rings. The molecule has 0 aromatic rings. The first-order valence-electron chi connectivity index (χ1n) is 3.55. The van der Waals surface area contributed by atoms with E-state index in [-0.39, 0.29) is 0 Å². The minimum absolute atomic E-state index is 0.326. The smallest absolute Gasteiger partial charge is 0.113 e. The van der Waals surface area contributed by atoms with Gasteiger partial charge in [-0.3, -0.25) is 4.99 Å². The summed E-state index contributed by atoms with van der Waals surface area (Å²) in [6, 6.07) is 0.326. The number of hydrogen-bond acceptors (Lipinski definition) is 1. The molecule has 0 fully saturated rings. The van der Waals surface area contributed by atoms with Crippen LogP contribution >= 0.6 is 11.6 Å². The Hall–Kier alpha value is -0.560. The Morgan fingerprint density at radius 2 is 2.18 bits per heavy atom. The average Bonchev–Trinajstić information content (AvgIpc) is 1.87. The second-order valence-corrected chi connectivity index (χ2v) is 2.72. The monoisotopic (exact) mass is 171 g/mol. The minimum Gasteiger partial charge on any atom is -0.273 e. The maximum Gasteiger partial charge on any atom is 0.113 e. The van der Waals surface area contributed by atoms with Crippen LogP contribution in [0.2, 0.25) is 0 Å². The summed E-state index contributed by atoms with van der Waals surface area (Å²) in [5.74, 6) is 0. The van der Waals surface area contributed by atoms with Crippen LogP contribution in [-0.4, -0.2) is 11.7 Å². The normalized spacial score (nSPS) is 11.0. The van der Waals surface area contributed by atoms with Crippen LogP contribution in [0, 0.1) is 0 Å². The van der Waals surface area contributed by atoms with E-state index in [9.17, 15) is 0 Å². The SMILES string of the molecule is C=CC/C(C=C(C)C)=N/CCl. The van der Waals surface area contributed by atoms with Gasteiger partial charge in [0.15, 0.2) is 0 Å². The summed E-state index contributed by atoms with van der Waals surface area (Å²) in [5.41, 5.74) is 2.23. The van der Waals surface area contributed by atoms with Crippen molar-refractivity contribution in [2.45, 2.75) is 20.3 Å². The zero-order valence-electron chi connectivity index (χ0n) is 7.10. The molecule has 0 heterocycles. The maximum atomic E-state index is 5.46. The highest BCUT2D eigenvalue weighted by Gasteiger charge is 1.89. The number of halogens is 1. The molecule has 0 rings (SSSR count). The molecular formula is C9H14ClN. The number of hydrogen-bond donors (Lipinski definition) is 0. The van der Waals surface area contributed by atoms with E-state index in [4.69, 9.17) is 11.6 Å². The van der Waals surface area contributed by atoms with Gasteiger partial charge < -0.3 is 0 Å². The van der Waals surface area contributed by atoms with E-state index < -0.39 is 0 Å². The first kappa shape index (κ1) is 10.4. The Balaban J connectivity index is 4.22. The van der Waals surface area contributed by atoms with Crippen molar-refractivity contribution in [1.29, 1.82) is 0 Å². The zero-order chi connectivity index (χ0) is 8.69. The van der Waals surface area contributed by atoms with Crippen molar-refractivity contribution < 1.29 is 0 Å². The predicted octanol–water partition coefficient (Wildman–Crippen LogP) is 3.17. The molecule has 11 heavy (non-hydrogen) atoms. The van der Waals surface area contributed by atoms with Gasteiger partial charge in [0, 0.05) is 12.1 Å². The van der Waals surface area contributed by atoms with Gasteiger partial charge in [0.2, 0.25) is 0 Å². The summed E-state index contributed by atoms with van der Waals surface area (Å²) < 4.78 is 0. The molecule has 0 radical (unpaired) electrons. The summed E-state index contributed by atoms with van der Waals surface area (Å²) in [6.45, 7) is 7.71. The summed E-state index contributed by atoms with van der Waals surface area (Å²) in [6.07, 6.45) is 4.63. The Morgan fingerprint density at radius 1 is 1.55 bits per heavy atom. The van der Waals surface area contributed by atoms with Crippen molar-refractivity contribution >= 4 is 17.3 Å². The van der Waals surface area contributed by atoms with Gasteiger partial charge in [-0.1, -0.05) is 11.6 Å². The van der Waals surface area contributed by atoms with E-state index in [0.29, 0.717) is 6.00 Å². The summed E-state index contributed by atoms with van der Waals surface area (Å²) >= 11 is 5.46. The lowest BCUT2D eigenvalue weighted by Gasteiger charge is -1.95. The number of alkyl halides is 1. The van der Waals surface area contributed by atoms with E-state index in [1.54, 1.807) is 0 Å². The van der Waals surface area contributed by atoms with Crippen molar-refractivity contribution in [3.63, 3.8) is 0 Å². The van der Waals surface area contributed by atoms with Crippen molar-refractivity contribution in [3.05, 3.63) is 24.3 Å². The van der Waals surface area contributed by atoms with Gasteiger partial charge in [0.05, 0.1) is 0 Å². The van der Waals surface area contributed by atoms with Crippen molar-refractivity contribution in [2.75, 3.05) is 6.00 Å². The molecule has 0 unspecified atom stereocenters. The number of allylic oxidation sites excluding steroid dienone is 3. The highest BCUT2D eigenvalue weighted by atomic mass is 35.5. The second kappa shape index (κ2) is 6.17. The number of aliphatic imine (C=N–C) groups is 1. The molecule has 0 saturated heterocycles. The lowest BCUT2D eigenvalue weighted by atomic mass is 10.2. The van der Waals surface area contributed by atoms with Gasteiger partial charge in [0.25, 0.3) is 0 Å². The summed E-state index contributed by atoms with van der Waals surface area (Å²) in [5, 5.41) is 0. The molecule has 0 aromatic carbocycles. The van der Waals surface area contributed by atoms with Crippen LogP contribution in [0.5, 0.6) is 0 Å². The standard InChI is InChI=1S/C9H14ClN/c1-4-5-9(11-7-10)6-8(2)3/h4,6H,1,5,7H2,2-3H3/b11-9-. The quantitative estimate of drug-likeness (QED) is 0.267. The van der Waals surface area contributed by atoms with Crippen molar-refractivity contribution in [1.82, 2.24) is 0 Å². The first-order valence-corrected chi connectivity index (χ1v) is 4.09. The Morgan fingerprint density at radius 3 is 2.55 bits per heavy atom. The van der Waals surface area contributed by atoms with E-state index in [0.717, 1.165) is 12.1 Å². The summed E-state index contributed by atoms with van der Waals surface area (Å²) in [7, 11) is 0. The van der Waals surface area contributed by atoms with Crippen LogP contribution in [-0.2, 0) is 0 Å². The fourth-order valence-corrected chi connectivity index (χ4v) is 0.881. The fraction of sp³-hybridized carbons (Fsp3) is 0.444. The number of rotatable bonds is 4. The molecule has 0 spiro atoms. The molecule has 62 valence electrons. The van der Waals surface area contributed by atoms with Crippen LogP contribution in [0.15, 0.2) is 29.3 Å². The highest BCUT2D eigenvalue weighted by molar-refractivity contribution is 6.18. The lowest BCUT2D eigenvalue weighted by molar-refractivity contribution is 1.30. The highest BCUT2D eigenvalue weighted by Crippen LogP contribution is 1.97. The van der Waals surface area contributed by atoms with Crippen LogP contribution < -0.4 is 0 Å². The third kappa shape index (κ3) is 5.86. The van der Waals surface area contributed by atoms with E-state index in [2.05, 4.69) is 11.6 Å². The molecule has 0 aliphatic heterocycles. The molecule has 0 bridgehead atoms. The third-order valence-electron chi connectivity index (χ3n) is 1.07. The van der Waals surface area contributed by atoms with E-state index >= 15 is 0 Å². The molecule has 0 N–H and O–H groups in total. The second-order valence-electron chi connectivity index (χ2n) is 2.48. The van der Waals surface area contributed by atoms with E-state index in [1.807, 2.05) is 26.0 Å². The van der Waals surface area contributed by atoms with Gasteiger partial charge in [-0.2, -0.15) is 0 Å². The fourth-order valence-electron chi connectivity index (χ4n) is 0.727. The molecule has 1 nitrogen and oxygen atoms in total. The van der Waals surface area contributed by atoms with Crippen molar-refractivity contribution in [2.24, 2.45) is 4.99 Å². The van der Waals surface area contributed by atoms with Gasteiger partial charge in [-0.25, -0.2) is 0 Å². The van der Waals surface area contributed by atoms with Crippen molar-refractivity contribution in [3.8, 4) is 0 Å². The van der Waals surface area contributed by atoms with Crippen LogP contribution in [0.1, 0.15) is 20.3 Å². The molecule has 2 heteroatoms. The zero-order valence-corrected chi connectivity index (χ0v) is 7.86. The molecule has 0 aliphatic carbocycles. The van der Waals surface area contributed by atoms with E-state index in [1.165, 1.54) is 5.57 Å².